The number of aliphatic hydroxyl groups excluding tert-OH is 1. The first-order valence-electron chi connectivity index (χ1n) is 7.15. The van der Waals surface area contributed by atoms with E-state index in [-0.39, 0.29) is 18.9 Å². The van der Waals surface area contributed by atoms with Crippen molar-refractivity contribution in [2.45, 2.75) is 19.4 Å². The molecule has 0 unspecified atom stereocenters. The van der Waals surface area contributed by atoms with Crippen LogP contribution in [-0.2, 0) is 11.2 Å². The summed E-state index contributed by atoms with van der Waals surface area (Å²) in [4.78, 5) is 16.2. The average molecular weight is 336 g/mol. The van der Waals surface area contributed by atoms with Crippen LogP contribution in [0.5, 0.6) is 11.5 Å². The van der Waals surface area contributed by atoms with Gasteiger partial charge in [0.2, 0.25) is 5.91 Å². The van der Waals surface area contributed by atoms with Crippen LogP contribution in [0.3, 0.4) is 0 Å². The first-order chi connectivity index (χ1) is 11.0. The van der Waals surface area contributed by atoms with Crippen LogP contribution < -0.4 is 14.8 Å². The van der Waals surface area contributed by atoms with Crippen molar-refractivity contribution >= 4 is 17.2 Å². The Labute approximate surface area is 139 Å². The van der Waals surface area contributed by atoms with Crippen molar-refractivity contribution in [1.82, 2.24) is 10.3 Å². The van der Waals surface area contributed by atoms with Gasteiger partial charge in [-0.05, 0) is 25.1 Å². The van der Waals surface area contributed by atoms with Crippen LogP contribution in [0.15, 0.2) is 23.6 Å². The number of thiazole rings is 1. The molecular weight excluding hydrogens is 316 g/mol. The topological polar surface area (TPSA) is 80.7 Å². The molecule has 1 heterocycles. The largest absolute Gasteiger partial charge is 0.493 e. The van der Waals surface area contributed by atoms with Gasteiger partial charge in [-0.1, -0.05) is 0 Å². The molecule has 0 aliphatic heterocycles. The van der Waals surface area contributed by atoms with E-state index in [0.717, 1.165) is 10.6 Å². The average Bonchev–Trinajstić information content (AvgIpc) is 3.00. The van der Waals surface area contributed by atoms with Crippen LogP contribution in [-0.4, -0.2) is 42.9 Å². The molecular formula is C16H20N2O4S. The number of rotatable bonds is 7. The fourth-order valence-electron chi connectivity index (χ4n) is 1.98. The number of aromatic nitrogens is 1. The second-order valence-corrected chi connectivity index (χ2v) is 5.90. The summed E-state index contributed by atoms with van der Waals surface area (Å²) < 4.78 is 10.5. The molecule has 1 amide bonds. The lowest BCUT2D eigenvalue weighted by molar-refractivity contribution is -0.120. The van der Waals surface area contributed by atoms with Gasteiger partial charge in [0.15, 0.2) is 11.5 Å². The number of benzene rings is 1. The number of hydrogen-bond acceptors (Lipinski definition) is 6. The van der Waals surface area contributed by atoms with Gasteiger partial charge in [0.1, 0.15) is 5.01 Å². The number of nitrogens with zero attached hydrogens (tertiary/aromatic N) is 1. The van der Waals surface area contributed by atoms with E-state index in [4.69, 9.17) is 14.6 Å². The molecule has 0 spiro atoms. The van der Waals surface area contributed by atoms with Crippen LogP contribution in [0.2, 0.25) is 0 Å². The van der Waals surface area contributed by atoms with Gasteiger partial charge in [-0.15, -0.1) is 11.3 Å². The molecule has 0 bridgehead atoms. The highest BCUT2D eigenvalue weighted by atomic mass is 32.1. The van der Waals surface area contributed by atoms with Gasteiger partial charge in [0.25, 0.3) is 0 Å². The Morgan fingerprint density at radius 2 is 2.09 bits per heavy atom. The van der Waals surface area contributed by atoms with E-state index < -0.39 is 6.10 Å². The summed E-state index contributed by atoms with van der Waals surface area (Å²) in [5.41, 5.74) is 1.60. The van der Waals surface area contributed by atoms with Crippen molar-refractivity contribution < 1.29 is 19.4 Å². The fourth-order valence-corrected chi connectivity index (χ4v) is 2.80. The molecule has 2 aromatic rings. The van der Waals surface area contributed by atoms with Crippen LogP contribution >= 0.6 is 11.3 Å². The van der Waals surface area contributed by atoms with Crippen LogP contribution in [0.4, 0.5) is 0 Å². The maximum absolute atomic E-state index is 11.8. The molecule has 1 atom stereocenters. The molecule has 7 heteroatoms. The number of methoxy groups -OCH3 is 2. The summed E-state index contributed by atoms with van der Waals surface area (Å²) in [6.45, 7) is 1.86. The lowest BCUT2D eigenvalue weighted by Crippen LogP contribution is -2.31. The molecule has 0 saturated heterocycles. The minimum atomic E-state index is -0.559. The molecule has 124 valence electrons. The van der Waals surface area contributed by atoms with Crippen molar-refractivity contribution in [3.05, 3.63) is 29.3 Å². The summed E-state index contributed by atoms with van der Waals surface area (Å²) in [6.07, 6.45) is -0.368. The van der Waals surface area contributed by atoms with Gasteiger partial charge in [-0.2, -0.15) is 0 Å². The number of carbonyl (C=O) groups excluding carboxylic acids is 1. The Hall–Kier alpha value is -2.12. The van der Waals surface area contributed by atoms with Gasteiger partial charge in [0, 0.05) is 17.5 Å². The van der Waals surface area contributed by atoms with E-state index in [0.29, 0.717) is 17.2 Å². The molecule has 2 rings (SSSR count). The molecule has 1 aromatic heterocycles. The fraction of sp³-hybridized carbons (Fsp3) is 0.375. The van der Waals surface area contributed by atoms with Gasteiger partial charge in [-0.3, -0.25) is 4.79 Å². The minimum Gasteiger partial charge on any atom is -0.493 e. The number of aliphatic hydroxyl groups is 1. The highest BCUT2D eigenvalue weighted by Gasteiger charge is 2.12. The first kappa shape index (κ1) is 17.2. The lowest BCUT2D eigenvalue weighted by atomic mass is 10.2. The van der Waals surface area contributed by atoms with Crippen LogP contribution in [0.25, 0.3) is 10.6 Å². The van der Waals surface area contributed by atoms with Crippen molar-refractivity contribution in [2.24, 2.45) is 0 Å². The van der Waals surface area contributed by atoms with Crippen molar-refractivity contribution in [3.8, 4) is 22.1 Å². The van der Waals surface area contributed by atoms with E-state index in [1.165, 1.54) is 11.3 Å². The zero-order valence-electron chi connectivity index (χ0n) is 13.3. The third kappa shape index (κ3) is 4.67. The number of hydrogen-bond donors (Lipinski definition) is 2. The van der Waals surface area contributed by atoms with E-state index >= 15 is 0 Å². The van der Waals surface area contributed by atoms with E-state index in [1.54, 1.807) is 21.1 Å². The maximum atomic E-state index is 11.8. The molecule has 23 heavy (non-hydrogen) atoms. The SMILES string of the molecule is COc1ccc(-c2nc(CC(=O)NC[C@@H](C)O)cs2)cc1OC. The molecule has 0 aliphatic carbocycles. The Morgan fingerprint density at radius 1 is 1.35 bits per heavy atom. The molecule has 1 aromatic carbocycles. The number of amides is 1. The highest BCUT2D eigenvalue weighted by molar-refractivity contribution is 7.13. The molecule has 0 fully saturated rings. The minimum absolute atomic E-state index is 0.157. The highest BCUT2D eigenvalue weighted by Crippen LogP contribution is 2.33. The van der Waals surface area contributed by atoms with Gasteiger partial charge in [-0.25, -0.2) is 4.98 Å². The summed E-state index contributed by atoms with van der Waals surface area (Å²) >= 11 is 1.46. The standard InChI is InChI=1S/C16H20N2O4S/c1-10(19)8-17-15(20)7-12-9-23-16(18-12)11-4-5-13(21-2)14(6-11)22-3/h4-6,9-10,19H,7-8H2,1-3H3,(H,17,20)/t10-/m1/s1. The number of nitrogens with one attached hydrogen (secondary N) is 1. The third-order valence-electron chi connectivity index (χ3n) is 3.12. The van der Waals surface area contributed by atoms with E-state index in [9.17, 15) is 4.79 Å². The predicted octanol–water partition coefficient (Wildman–Crippen LogP) is 1.87. The molecule has 0 saturated carbocycles. The number of ether oxygens (including phenoxy) is 2. The summed E-state index contributed by atoms with van der Waals surface area (Å²) in [5, 5.41) is 14.5. The molecule has 6 nitrogen and oxygen atoms in total. The van der Waals surface area contributed by atoms with E-state index in [2.05, 4.69) is 10.3 Å². The lowest BCUT2D eigenvalue weighted by Gasteiger charge is -2.08. The molecule has 0 aliphatic rings. The van der Waals surface area contributed by atoms with E-state index in [1.807, 2.05) is 23.6 Å². The first-order valence-corrected chi connectivity index (χ1v) is 8.03. The summed E-state index contributed by atoms with van der Waals surface area (Å²) in [6, 6.07) is 5.58. The predicted molar refractivity (Wildman–Crippen MR) is 89.0 cm³/mol. The molecule has 0 radical (unpaired) electrons. The normalized spacial score (nSPS) is 11.8. The van der Waals surface area contributed by atoms with Crippen molar-refractivity contribution in [3.63, 3.8) is 0 Å². The monoisotopic (exact) mass is 336 g/mol. The molecule has 2 N–H and O–H groups in total. The number of carbonyl (C=O) groups is 1. The van der Waals surface area contributed by atoms with Gasteiger partial charge >= 0.3 is 0 Å². The third-order valence-corrected chi connectivity index (χ3v) is 4.06. The van der Waals surface area contributed by atoms with Gasteiger partial charge < -0.3 is 19.9 Å². The van der Waals surface area contributed by atoms with Crippen LogP contribution in [0.1, 0.15) is 12.6 Å². The Morgan fingerprint density at radius 3 is 2.74 bits per heavy atom. The van der Waals surface area contributed by atoms with Crippen molar-refractivity contribution in [1.29, 1.82) is 0 Å². The van der Waals surface area contributed by atoms with Crippen LogP contribution in [0, 0.1) is 0 Å². The Kier molecular flexibility index (Phi) is 5.95. The van der Waals surface area contributed by atoms with Crippen molar-refractivity contribution in [2.75, 3.05) is 20.8 Å². The Balaban J connectivity index is 2.08. The summed E-state index contributed by atoms with van der Waals surface area (Å²) in [7, 11) is 3.17. The maximum Gasteiger partial charge on any atom is 0.226 e. The summed E-state index contributed by atoms with van der Waals surface area (Å²) in [5.74, 6) is 1.14. The quantitative estimate of drug-likeness (QED) is 0.807. The second-order valence-electron chi connectivity index (χ2n) is 5.04. The zero-order valence-corrected chi connectivity index (χ0v) is 14.1. The Bertz CT molecular complexity index is 670. The van der Waals surface area contributed by atoms with Gasteiger partial charge in [0.05, 0.1) is 32.4 Å². The second kappa shape index (κ2) is 7.94. The smallest absolute Gasteiger partial charge is 0.226 e. The zero-order chi connectivity index (χ0) is 16.8.